The lowest BCUT2D eigenvalue weighted by atomic mass is 9.83. The quantitative estimate of drug-likeness (QED) is 0.433. The fraction of sp³-hybridized carbons (Fsp3) is 0.684. The molecular formula is C19H28Cl3NO5S2. The van der Waals surface area contributed by atoms with Gasteiger partial charge in [0.2, 0.25) is 13.8 Å². The van der Waals surface area contributed by atoms with Crippen LogP contribution >= 0.6 is 34.8 Å². The summed E-state index contributed by atoms with van der Waals surface area (Å²) in [6.45, 7) is 6.73. The van der Waals surface area contributed by atoms with Gasteiger partial charge in [0.25, 0.3) is 10.1 Å². The second kappa shape index (κ2) is 9.41. The molecule has 1 aromatic rings. The highest BCUT2D eigenvalue weighted by Gasteiger charge is 2.45. The number of alkyl halides is 3. The number of halogens is 3. The summed E-state index contributed by atoms with van der Waals surface area (Å²) in [5.74, 6) is -0.354. The van der Waals surface area contributed by atoms with Crippen molar-refractivity contribution in [2.45, 2.75) is 79.0 Å². The van der Waals surface area contributed by atoms with Crippen LogP contribution in [0.4, 0.5) is 0 Å². The van der Waals surface area contributed by atoms with Crippen molar-refractivity contribution in [1.82, 2.24) is 4.72 Å². The monoisotopic (exact) mass is 519 g/mol. The molecule has 2 rings (SSSR count). The first kappa shape index (κ1) is 26.2. The summed E-state index contributed by atoms with van der Waals surface area (Å²) in [5, 5.41) is 0. The molecule has 0 amide bonds. The Bertz CT molecular complexity index is 928. The van der Waals surface area contributed by atoms with Gasteiger partial charge in [0, 0.05) is 6.04 Å². The van der Waals surface area contributed by atoms with Crippen LogP contribution in [0, 0.1) is 12.8 Å². The van der Waals surface area contributed by atoms with E-state index in [2.05, 4.69) is 4.72 Å². The van der Waals surface area contributed by atoms with Gasteiger partial charge < -0.3 is 0 Å². The molecule has 0 aromatic heterocycles. The Morgan fingerprint density at radius 2 is 1.47 bits per heavy atom. The molecule has 0 saturated heterocycles. The molecule has 1 N–H and O–H groups in total. The molecule has 1 aromatic carbocycles. The zero-order valence-electron chi connectivity index (χ0n) is 17.4. The highest BCUT2D eigenvalue weighted by molar-refractivity contribution is 7.90. The molecule has 1 aliphatic rings. The van der Waals surface area contributed by atoms with Gasteiger partial charge in [-0.2, -0.15) is 8.42 Å². The molecule has 1 unspecified atom stereocenters. The molecule has 1 fully saturated rings. The number of aryl methyl sites for hydroxylation is 1. The van der Waals surface area contributed by atoms with Crippen molar-refractivity contribution in [3.05, 3.63) is 29.8 Å². The number of sulfonamides is 1. The maximum atomic E-state index is 12.7. The van der Waals surface area contributed by atoms with Crippen LogP contribution in [-0.2, 0) is 24.3 Å². The fourth-order valence-corrected chi connectivity index (χ4v) is 6.24. The van der Waals surface area contributed by atoms with Crippen LogP contribution in [0.25, 0.3) is 0 Å². The topological polar surface area (TPSA) is 89.5 Å². The summed E-state index contributed by atoms with van der Waals surface area (Å²) in [4.78, 5) is -0.0148. The average Bonchev–Trinajstić information content (AvgIpc) is 2.59. The van der Waals surface area contributed by atoms with Gasteiger partial charge in [-0.05, 0) is 71.4 Å². The third-order valence-electron chi connectivity index (χ3n) is 5.19. The van der Waals surface area contributed by atoms with Gasteiger partial charge >= 0.3 is 0 Å². The Morgan fingerprint density at radius 3 is 1.90 bits per heavy atom. The predicted molar refractivity (Wildman–Crippen MR) is 121 cm³/mol. The summed E-state index contributed by atoms with van der Waals surface area (Å²) in [7, 11) is -7.62. The molecule has 0 aliphatic heterocycles. The smallest absolute Gasteiger partial charge is 0.258 e. The van der Waals surface area contributed by atoms with E-state index in [1.165, 1.54) is 12.1 Å². The van der Waals surface area contributed by atoms with Gasteiger partial charge in [-0.15, -0.1) is 0 Å². The van der Waals surface area contributed by atoms with Crippen LogP contribution in [0.2, 0.25) is 0 Å². The second-order valence-corrected chi connectivity index (χ2v) is 15.1. The van der Waals surface area contributed by atoms with Gasteiger partial charge in [-0.1, -0.05) is 52.5 Å². The molecule has 6 nitrogen and oxygen atoms in total. The normalized spacial score (nSPS) is 22.6. The largest absolute Gasteiger partial charge is 0.297 e. The lowest BCUT2D eigenvalue weighted by Crippen LogP contribution is -2.47. The van der Waals surface area contributed by atoms with E-state index in [0.29, 0.717) is 25.7 Å². The fourth-order valence-electron chi connectivity index (χ4n) is 3.23. The molecule has 0 radical (unpaired) electrons. The number of rotatable bonds is 6. The summed E-state index contributed by atoms with van der Waals surface area (Å²) in [6, 6.07) is 5.95. The maximum absolute atomic E-state index is 12.7. The molecule has 30 heavy (non-hydrogen) atoms. The van der Waals surface area contributed by atoms with E-state index >= 15 is 0 Å². The van der Waals surface area contributed by atoms with E-state index in [4.69, 9.17) is 39.0 Å². The highest BCUT2D eigenvalue weighted by Crippen LogP contribution is 2.43. The van der Waals surface area contributed by atoms with Crippen molar-refractivity contribution in [1.29, 1.82) is 0 Å². The molecule has 1 aliphatic carbocycles. The minimum atomic E-state index is -4.14. The minimum absolute atomic E-state index is 0.0148. The van der Waals surface area contributed by atoms with Gasteiger partial charge in [0.15, 0.2) is 0 Å². The van der Waals surface area contributed by atoms with E-state index in [1.54, 1.807) is 32.9 Å². The van der Waals surface area contributed by atoms with Gasteiger partial charge in [-0.25, -0.2) is 13.1 Å². The van der Waals surface area contributed by atoms with Crippen LogP contribution in [0.15, 0.2) is 29.2 Å². The Morgan fingerprint density at radius 1 is 0.967 bits per heavy atom. The zero-order valence-corrected chi connectivity index (χ0v) is 21.3. The van der Waals surface area contributed by atoms with E-state index in [9.17, 15) is 16.8 Å². The molecule has 11 heteroatoms. The van der Waals surface area contributed by atoms with Gasteiger partial charge in [0.05, 0.1) is 9.64 Å². The molecule has 0 heterocycles. The van der Waals surface area contributed by atoms with E-state index in [0.717, 1.165) is 5.56 Å². The van der Waals surface area contributed by atoms with Crippen LogP contribution < -0.4 is 4.72 Å². The van der Waals surface area contributed by atoms with Crippen molar-refractivity contribution >= 4 is 54.9 Å². The number of hydrogen-bond acceptors (Lipinski definition) is 5. The summed E-state index contributed by atoms with van der Waals surface area (Å²) in [6.07, 6.45) is 0.712. The third-order valence-corrected chi connectivity index (χ3v) is 9.40. The van der Waals surface area contributed by atoms with Crippen LogP contribution in [-0.4, -0.2) is 37.5 Å². The van der Waals surface area contributed by atoms with Gasteiger partial charge in [0.1, 0.15) is 6.10 Å². The third kappa shape index (κ3) is 6.70. The van der Waals surface area contributed by atoms with Crippen LogP contribution in [0.1, 0.15) is 52.0 Å². The van der Waals surface area contributed by atoms with Gasteiger partial charge in [-0.3, -0.25) is 4.18 Å². The maximum Gasteiger partial charge on any atom is 0.297 e. The first-order valence-electron chi connectivity index (χ1n) is 9.61. The molecule has 1 atom stereocenters. The van der Waals surface area contributed by atoms with Crippen LogP contribution in [0.3, 0.4) is 0 Å². The predicted octanol–water partition coefficient (Wildman–Crippen LogP) is 4.72. The Balaban J connectivity index is 2.12. The van der Waals surface area contributed by atoms with Crippen LogP contribution in [0.5, 0.6) is 0 Å². The SMILES string of the molecule is Cc1ccc(S(=O)(=O)OC(C2CCC(NS(=O)(=O)C(C)(C)C)CC2)C(Cl)(Cl)Cl)cc1. The Kier molecular flexibility index (Phi) is 8.21. The number of hydrogen-bond donors (Lipinski definition) is 1. The number of benzene rings is 1. The summed E-state index contributed by atoms with van der Waals surface area (Å²) in [5.41, 5.74) is 0.905. The van der Waals surface area contributed by atoms with Crippen molar-refractivity contribution < 1.29 is 21.0 Å². The van der Waals surface area contributed by atoms with Crippen molar-refractivity contribution in [2.75, 3.05) is 0 Å². The van der Waals surface area contributed by atoms with E-state index in [1.807, 2.05) is 6.92 Å². The number of nitrogens with one attached hydrogen (secondary N) is 1. The Labute approximate surface area is 194 Å². The van der Waals surface area contributed by atoms with Crippen molar-refractivity contribution in [3.63, 3.8) is 0 Å². The lowest BCUT2D eigenvalue weighted by Gasteiger charge is -2.37. The van der Waals surface area contributed by atoms with E-state index in [-0.39, 0.29) is 16.9 Å². The molecule has 1 saturated carbocycles. The first-order valence-corrected chi connectivity index (χ1v) is 13.6. The molecular weight excluding hydrogens is 493 g/mol. The summed E-state index contributed by atoms with van der Waals surface area (Å²) >= 11 is 18.3. The Hall–Kier alpha value is -0.0900. The molecule has 172 valence electrons. The highest BCUT2D eigenvalue weighted by atomic mass is 35.6. The minimum Gasteiger partial charge on any atom is -0.258 e. The van der Waals surface area contributed by atoms with Crippen molar-refractivity contribution in [3.8, 4) is 0 Å². The summed E-state index contributed by atoms with van der Waals surface area (Å²) < 4.78 is 55.4. The molecule has 0 spiro atoms. The molecule has 0 bridgehead atoms. The first-order chi connectivity index (χ1) is 13.5. The zero-order chi connectivity index (χ0) is 23.0. The van der Waals surface area contributed by atoms with Crippen molar-refractivity contribution in [2.24, 2.45) is 5.92 Å². The average molecular weight is 521 g/mol. The lowest BCUT2D eigenvalue weighted by molar-refractivity contribution is 0.111. The van der Waals surface area contributed by atoms with E-state index < -0.39 is 34.8 Å². The standard InChI is InChI=1S/C19H28Cl3NO5S2/c1-13-5-11-16(12-6-13)29(24,25)28-17(19(20,21)22)14-7-9-15(10-8-14)23-30(26,27)18(2,3)4/h5-6,11-12,14-15,17,23H,7-10H2,1-4H3. The second-order valence-electron chi connectivity index (χ2n) is 8.67.